The minimum atomic E-state index is -0.490. The summed E-state index contributed by atoms with van der Waals surface area (Å²) in [6.07, 6.45) is 2.15. The summed E-state index contributed by atoms with van der Waals surface area (Å²) in [5.74, 6) is 2.28. The van der Waals surface area contributed by atoms with E-state index in [2.05, 4.69) is 46.7 Å². The van der Waals surface area contributed by atoms with Crippen molar-refractivity contribution in [2.45, 2.75) is 31.3 Å². The molecule has 1 aromatic heterocycles. The molecule has 1 atom stereocenters. The molecule has 3 aromatic rings. The van der Waals surface area contributed by atoms with Gasteiger partial charge in [-0.2, -0.15) is 4.68 Å². The number of rotatable bonds is 3. The lowest BCUT2D eigenvalue weighted by molar-refractivity contribution is -0.135. The van der Waals surface area contributed by atoms with Crippen LogP contribution in [0.15, 0.2) is 42.5 Å². The van der Waals surface area contributed by atoms with Crippen molar-refractivity contribution in [1.82, 2.24) is 25.1 Å². The number of benzene rings is 2. The molecule has 1 unspecified atom stereocenters. The monoisotopic (exact) mass is 365 g/mol. The topological polar surface area (TPSA) is 63.9 Å². The van der Waals surface area contributed by atoms with Crippen LogP contribution in [-0.4, -0.2) is 48.6 Å². The van der Waals surface area contributed by atoms with Crippen LogP contribution in [0.5, 0.6) is 0 Å². The zero-order chi connectivity index (χ0) is 17.7. The van der Waals surface area contributed by atoms with E-state index in [9.17, 15) is 4.79 Å². The Balaban J connectivity index is 1.62. The van der Waals surface area contributed by atoms with E-state index in [1.165, 1.54) is 5.39 Å². The van der Waals surface area contributed by atoms with Crippen molar-refractivity contribution in [3.8, 4) is 5.69 Å². The van der Waals surface area contributed by atoms with Gasteiger partial charge in [0.15, 0.2) is 5.82 Å². The summed E-state index contributed by atoms with van der Waals surface area (Å²) in [7, 11) is 0. The first-order chi connectivity index (χ1) is 12.7. The molecule has 0 radical (unpaired) electrons. The van der Waals surface area contributed by atoms with Gasteiger partial charge in [0.2, 0.25) is 5.91 Å². The Hall–Kier alpha value is -2.41. The normalized spacial score (nSPS) is 23.6. The van der Waals surface area contributed by atoms with Crippen molar-refractivity contribution >= 4 is 28.4 Å². The molecule has 0 bridgehead atoms. The molecule has 7 heteroatoms. The van der Waals surface area contributed by atoms with E-state index in [0.717, 1.165) is 35.5 Å². The Morgan fingerprint density at radius 2 is 1.96 bits per heavy atom. The number of fused-ring (bicyclic) bond motifs is 1. The summed E-state index contributed by atoms with van der Waals surface area (Å²) in [6, 6.07) is 14.8. The third-order valence-corrected chi connectivity index (χ3v) is 6.47. The zero-order valence-corrected chi connectivity index (χ0v) is 15.3. The van der Waals surface area contributed by atoms with Gasteiger partial charge >= 0.3 is 0 Å². The van der Waals surface area contributed by atoms with E-state index in [0.29, 0.717) is 11.8 Å². The second-order valence-electron chi connectivity index (χ2n) is 7.21. The lowest BCUT2D eigenvalue weighted by atomic mass is 9.99. The van der Waals surface area contributed by atoms with Gasteiger partial charge in [-0.05, 0) is 53.1 Å². The molecule has 2 fully saturated rings. The van der Waals surface area contributed by atoms with Crippen LogP contribution >= 0.6 is 11.8 Å². The minimum Gasteiger partial charge on any atom is -0.325 e. The molecule has 1 aliphatic heterocycles. The molecule has 1 amide bonds. The molecular formula is C19H19N5OS. The first-order valence-corrected chi connectivity index (χ1v) is 10.0. The van der Waals surface area contributed by atoms with Gasteiger partial charge in [-0.1, -0.05) is 30.3 Å². The van der Waals surface area contributed by atoms with E-state index in [-0.39, 0.29) is 5.91 Å². The smallest absolute Gasteiger partial charge is 0.233 e. The first kappa shape index (κ1) is 15.8. The Bertz CT molecular complexity index is 998. The predicted molar refractivity (Wildman–Crippen MR) is 101 cm³/mol. The van der Waals surface area contributed by atoms with Crippen molar-refractivity contribution < 1.29 is 4.79 Å². The number of thioether (sulfide) groups is 1. The number of aromatic nitrogens is 4. The summed E-state index contributed by atoms with van der Waals surface area (Å²) >= 11 is 1.66. The Morgan fingerprint density at radius 1 is 1.15 bits per heavy atom. The minimum absolute atomic E-state index is 0.194. The van der Waals surface area contributed by atoms with Crippen LogP contribution in [0.2, 0.25) is 0 Å². The Morgan fingerprint density at radius 3 is 2.77 bits per heavy atom. The molecule has 2 aliphatic rings. The maximum absolute atomic E-state index is 12.6. The number of tetrazole rings is 1. The molecule has 132 valence electrons. The quantitative estimate of drug-likeness (QED) is 0.714. The van der Waals surface area contributed by atoms with Gasteiger partial charge in [0, 0.05) is 11.8 Å². The van der Waals surface area contributed by atoms with Gasteiger partial charge in [0.05, 0.1) is 11.4 Å². The van der Waals surface area contributed by atoms with Crippen molar-refractivity contribution in [3.05, 3.63) is 48.3 Å². The summed E-state index contributed by atoms with van der Waals surface area (Å²) < 4.78 is 1.79. The molecule has 26 heavy (non-hydrogen) atoms. The molecular weight excluding hydrogens is 346 g/mol. The average Bonchev–Trinajstić information content (AvgIpc) is 3.34. The third kappa shape index (κ3) is 2.41. The fourth-order valence-corrected chi connectivity index (χ4v) is 4.95. The Kier molecular flexibility index (Phi) is 3.53. The van der Waals surface area contributed by atoms with E-state index < -0.39 is 5.54 Å². The van der Waals surface area contributed by atoms with Gasteiger partial charge in [0.1, 0.15) is 5.54 Å². The second-order valence-corrected chi connectivity index (χ2v) is 8.19. The van der Waals surface area contributed by atoms with E-state index >= 15 is 0 Å². The molecule has 1 saturated heterocycles. The van der Waals surface area contributed by atoms with Gasteiger partial charge < -0.3 is 4.90 Å². The van der Waals surface area contributed by atoms with E-state index in [1.54, 1.807) is 16.4 Å². The summed E-state index contributed by atoms with van der Waals surface area (Å²) in [5, 5.41) is 14.9. The largest absolute Gasteiger partial charge is 0.325 e. The van der Waals surface area contributed by atoms with Gasteiger partial charge in [-0.3, -0.25) is 4.79 Å². The molecule has 2 aromatic carbocycles. The first-order valence-electron chi connectivity index (χ1n) is 8.85. The Labute approximate surface area is 155 Å². The van der Waals surface area contributed by atoms with E-state index in [1.807, 2.05) is 23.1 Å². The second kappa shape index (κ2) is 5.81. The zero-order valence-electron chi connectivity index (χ0n) is 14.5. The molecule has 0 N–H and O–H groups in total. The van der Waals surface area contributed by atoms with Gasteiger partial charge in [-0.15, -0.1) is 16.9 Å². The van der Waals surface area contributed by atoms with Crippen LogP contribution in [0.1, 0.15) is 25.6 Å². The van der Waals surface area contributed by atoms with Crippen LogP contribution in [0.25, 0.3) is 16.5 Å². The third-order valence-electron chi connectivity index (χ3n) is 5.25. The standard InChI is InChI=1S/C19H19N5OS/c1-19(12-26-11-17(25)23(19)15-8-9-15)18-20-21-22-24(18)16-7-6-13-4-2-3-5-14(13)10-16/h2-7,10,15H,8-9,11-12H2,1H3. The average molecular weight is 365 g/mol. The maximum atomic E-state index is 12.6. The van der Waals surface area contributed by atoms with Crippen molar-refractivity contribution in [3.63, 3.8) is 0 Å². The maximum Gasteiger partial charge on any atom is 0.233 e. The highest BCUT2D eigenvalue weighted by Gasteiger charge is 2.50. The number of carbonyl (C=O) groups is 1. The molecule has 2 heterocycles. The summed E-state index contributed by atoms with van der Waals surface area (Å²) in [6.45, 7) is 2.10. The van der Waals surface area contributed by atoms with Crippen LogP contribution in [0, 0.1) is 0 Å². The van der Waals surface area contributed by atoms with Crippen LogP contribution in [-0.2, 0) is 10.3 Å². The number of nitrogens with zero attached hydrogens (tertiary/aromatic N) is 5. The summed E-state index contributed by atoms with van der Waals surface area (Å²) in [4.78, 5) is 14.7. The fourth-order valence-electron chi connectivity index (χ4n) is 3.87. The van der Waals surface area contributed by atoms with E-state index in [4.69, 9.17) is 0 Å². The highest BCUT2D eigenvalue weighted by Crippen LogP contribution is 2.43. The number of hydrogen-bond donors (Lipinski definition) is 0. The molecule has 1 aliphatic carbocycles. The summed E-state index contributed by atoms with van der Waals surface area (Å²) in [5.41, 5.74) is 0.430. The molecule has 6 nitrogen and oxygen atoms in total. The lowest BCUT2D eigenvalue weighted by Crippen LogP contribution is -2.55. The van der Waals surface area contributed by atoms with Crippen molar-refractivity contribution in [1.29, 1.82) is 0 Å². The van der Waals surface area contributed by atoms with Gasteiger partial charge in [0.25, 0.3) is 0 Å². The number of hydrogen-bond acceptors (Lipinski definition) is 5. The molecule has 1 saturated carbocycles. The van der Waals surface area contributed by atoms with Crippen LogP contribution in [0.3, 0.4) is 0 Å². The SMILES string of the molecule is CC1(c2nnnn2-c2ccc3ccccc3c2)CSCC(=O)N1C1CC1. The highest BCUT2D eigenvalue weighted by molar-refractivity contribution is 8.00. The molecule has 5 rings (SSSR count). The predicted octanol–water partition coefficient (Wildman–Crippen LogP) is 2.77. The van der Waals surface area contributed by atoms with Crippen molar-refractivity contribution in [2.24, 2.45) is 0 Å². The fraction of sp³-hybridized carbons (Fsp3) is 0.368. The lowest BCUT2D eigenvalue weighted by Gasteiger charge is -2.43. The highest BCUT2D eigenvalue weighted by atomic mass is 32.2. The van der Waals surface area contributed by atoms with Gasteiger partial charge in [-0.25, -0.2) is 0 Å². The van der Waals surface area contributed by atoms with Crippen LogP contribution < -0.4 is 0 Å². The molecule has 0 spiro atoms. The number of carbonyl (C=O) groups excluding carboxylic acids is 1. The van der Waals surface area contributed by atoms with Crippen LogP contribution in [0.4, 0.5) is 0 Å². The van der Waals surface area contributed by atoms with Crippen molar-refractivity contribution in [2.75, 3.05) is 11.5 Å². The number of amides is 1.